The second kappa shape index (κ2) is 4.57. The van der Waals surface area contributed by atoms with Crippen molar-refractivity contribution in [3.05, 3.63) is 47.5 Å². The largest absolute Gasteiger partial charge is 0.478 e. The van der Waals surface area contributed by atoms with Gasteiger partial charge in [-0.15, -0.1) is 0 Å². The van der Waals surface area contributed by atoms with E-state index < -0.39 is 11.9 Å². The fourth-order valence-electron chi connectivity index (χ4n) is 1.96. The van der Waals surface area contributed by atoms with Crippen molar-refractivity contribution in [2.45, 2.75) is 9.79 Å². The number of benzene rings is 2. The van der Waals surface area contributed by atoms with Crippen LogP contribution in [-0.2, 0) is 0 Å². The van der Waals surface area contributed by atoms with E-state index in [1.165, 1.54) is 23.9 Å². The average molecular weight is 288 g/mol. The number of para-hydroxylation sites is 1. The van der Waals surface area contributed by atoms with E-state index in [0.29, 0.717) is 15.5 Å². The normalized spacial score (nSPS) is 12.0. The van der Waals surface area contributed by atoms with Crippen molar-refractivity contribution < 1.29 is 24.5 Å². The topological polar surface area (TPSA) is 83.8 Å². The summed E-state index contributed by atoms with van der Waals surface area (Å²) in [5.74, 6) is -1.52. The molecule has 6 heteroatoms. The van der Waals surface area contributed by atoms with Gasteiger partial charge >= 0.3 is 11.9 Å². The summed E-state index contributed by atoms with van der Waals surface area (Å²) < 4.78 is 5.60. The molecule has 2 aromatic rings. The van der Waals surface area contributed by atoms with Crippen molar-refractivity contribution >= 4 is 23.7 Å². The van der Waals surface area contributed by atoms with Crippen molar-refractivity contribution in [1.29, 1.82) is 0 Å². The molecule has 0 unspecified atom stereocenters. The van der Waals surface area contributed by atoms with Gasteiger partial charge in [0.15, 0.2) is 5.75 Å². The van der Waals surface area contributed by atoms with E-state index in [1.54, 1.807) is 24.3 Å². The molecule has 0 radical (unpaired) electrons. The minimum absolute atomic E-state index is 0.0568. The number of carboxylic acids is 2. The Morgan fingerprint density at radius 3 is 2.30 bits per heavy atom. The van der Waals surface area contributed by atoms with Gasteiger partial charge in [-0.05, 0) is 24.3 Å². The summed E-state index contributed by atoms with van der Waals surface area (Å²) in [6.45, 7) is 0. The van der Waals surface area contributed by atoms with Gasteiger partial charge in [-0.3, -0.25) is 0 Å². The number of fused-ring (bicyclic) bond motifs is 2. The predicted octanol–water partition coefficient (Wildman–Crippen LogP) is 3.34. The first-order valence-corrected chi connectivity index (χ1v) is 6.48. The number of aromatic carboxylic acids is 2. The monoisotopic (exact) mass is 288 g/mol. The van der Waals surface area contributed by atoms with Crippen LogP contribution in [0.1, 0.15) is 20.7 Å². The number of hydrogen-bond acceptors (Lipinski definition) is 4. The van der Waals surface area contributed by atoms with Crippen LogP contribution in [0.25, 0.3) is 0 Å². The smallest absolute Gasteiger partial charge is 0.339 e. The summed E-state index contributed by atoms with van der Waals surface area (Å²) in [4.78, 5) is 23.4. The first-order chi connectivity index (χ1) is 9.58. The van der Waals surface area contributed by atoms with Gasteiger partial charge in [-0.25, -0.2) is 9.59 Å². The third-order valence-corrected chi connectivity index (χ3v) is 4.01. The van der Waals surface area contributed by atoms with Gasteiger partial charge in [0.05, 0.1) is 15.4 Å². The van der Waals surface area contributed by atoms with E-state index in [2.05, 4.69) is 0 Å². The van der Waals surface area contributed by atoms with E-state index in [1.807, 2.05) is 0 Å². The van der Waals surface area contributed by atoms with Crippen molar-refractivity contribution in [2.24, 2.45) is 0 Å². The molecule has 2 N–H and O–H groups in total. The molecule has 0 bridgehead atoms. The molecule has 1 heterocycles. The van der Waals surface area contributed by atoms with Gasteiger partial charge < -0.3 is 14.9 Å². The van der Waals surface area contributed by atoms with E-state index in [-0.39, 0.29) is 16.9 Å². The van der Waals surface area contributed by atoms with E-state index in [4.69, 9.17) is 14.9 Å². The van der Waals surface area contributed by atoms with Crippen molar-refractivity contribution in [2.75, 3.05) is 0 Å². The van der Waals surface area contributed by atoms with Crippen LogP contribution >= 0.6 is 11.8 Å². The number of carbonyl (C=O) groups is 2. The molecule has 0 amide bonds. The third kappa shape index (κ3) is 1.90. The van der Waals surface area contributed by atoms with Crippen molar-refractivity contribution in [3.63, 3.8) is 0 Å². The van der Waals surface area contributed by atoms with Gasteiger partial charge in [-0.2, -0.15) is 0 Å². The molecular formula is C14H8O5S. The molecule has 20 heavy (non-hydrogen) atoms. The number of hydrogen-bond donors (Lipinski definition) is 2. The second-order valence-electron chi connectivity index (χ2n) is 4.08. The third-order valence-electron chi connectivity index (χ3n) is 2.84. The Bertz CT molecular complexity index is 675. The van der Waals surface area contributed by atoms with Crippen LogP contribution < -0.4 is 4.74 Å². The minimum Gasteiger partial charge on any atom is -0.478 e. The van der Waals surface area contributed by atoms with Crippen LogP contribution in [-0.4, -0.2) is 22.2 Å². The molecule has 0 saturated carbocycles. The zero-order valence-corrected chi connectivity index (χ0v) is 10.8. The van der Waals surface area contributed by atoms with E-state index in [0.717, 1.165) is 0 Å². The Hall–Kier alpha value is -2.47. The van der Waals surface area contributed by atoms with Crippen LogP contribution in [0.2, 0.25) is 0 Å². The molecule has 1 aliphatic heterocycles. The summed E-state index contributed by atoms with van der Waals surface area (Å²) >= 11 is 1.20. The van der Waals surface area contributed by atoms with Crippen molar-refractivity contribution in [3.8, 4) is 11.5 Å². The van der Waals surface area contributed by atoms with Gasteiger partial charge in [0.25, 0.3) is 0 Å². The van der Waals surface area contributed by atoms with E-state index in [9.17, 15) is 9.59 Å². The zero-order valence-electron chi connectivity index (χ0n) is 9.99. The molecule has 0 spiro atoms. The van der Waals surface area contributed by atoms with E-state index >= 15 is 0 Å². The quantitative estimate of drug-likeness (QED) is 0.752. The van der Waals surface area contributed by atoms with Crippen LogP contribution in [0, 0.1) is 0 Å². The highest BCUT2D eigenvalue weighted by molar-refractivity contribution is 7.99. The summed E-state index contributed by atoms with van der Waals surface area (Å²) in [5.41, 5.74) is 0.195. The SMILES string of the molecule is O=C(O)c1cccc2c1Oc1cccc(C(=O)O)c1S2. The first kappa shape index (κ1) is 12.6. The first-order valence-electron chi connectivity index (χ1n) is 5.66. The second-order valence-corrected chi connectivity index (χ2v) is 5.13. The molecule has 5 nitrogen and oxygen atoms in total. The van der Waals surface area contributed by atoms with Crippen LogP contribution in [0.15, 0.2) is 46.2 Å². The summed E-state index contributed by atoms with van der Waals surface area (Å²) in [6, 6.07) is 9.44. The van der Waals surface area contributed by atoms with Gasteiger partial charge in [0, 0.05) is 0 Å². The molecule has 0 aromatic heterocycles. The van der Waals surface area contributed by atoms with Gasteiger partial charge in [0.1, 0.15) is 11.3 Å². The molecule has 3 rings (SSSR count). The Labute approximate surface area is 117 Å². The molecule has 0 aliphatic carbocycles. The average Bonchev–Trinajstić information content (AvgIpc) is 2.43. The maximum Gasteiger partial charge on any atom is 0.339 e. The predicted molar refractivity (Wildman–Crippen MR) is 71.0 cm³/mol. The van der Waals surface area contributed by atoms with Gasteiger partial charge in [-0.1, -0.05) is 23.9 Å². The summed E-state index contributed by atoms with van der Waals surface area (Å²) in [5, 5.41) is 18.3. The molecule has 1 aliphatic rings. The molecule has 0 atom stereocenters. The fourth-order valence-corrected chi connectivity index (χ4v) is 3.05. The van der Waals surface area contributed by atoms with Crippen molar-refractivity contribution in [1.82, 2.24) is 0 Å². The summed E-state index contributed by atoms with van der Waals surface area (Å²) in [6.07, 6.45) is 0. The molecule has 0 fully saturated rings. The number of carboxylic acid groups (broad SMARTS) is 2. The van der Waals surface area contributed by atoms with Crippen LogP contribution in [0.5, 0.6) is 11.5 Å². The Morgan fingerprint density at radius 1 is 0.950 bits per heavy atom. The standard InChI is InChI=1S/C14H8O5S/c15-13(16)7-3-2-6-10-11(7)19-9-5-1-4-8(14(17)18)12(9)20-10/h1-6H,(H,15,16)(H,17,18). The Morgan fingerprint density at radius 2 is 1.60 bits per heavy atom. The maximum absolute atomic E-state index is 11.2. The number of ether oxygens (including phenoxy) is 1. The highest BCUT2D eigenvalue weighted by atomic mass is 32.2. The lowest BCUT2D eigenvalue weighted by atomic mass is 10.2. The van der Waals surface area contributed by atoms with Gasteiger partial charge in [0.2, 0.25) is 0 Å². The zero-order chi connectivity index (χ0) is 14.3. The Balaban J connectivity index is 2.16. The van der Waals surface area contributed by atoms with Crippen LogP contribution in [0.3, 0.4) is 0 Å². The molecule has 0 saturated heterocycles. The molecule has 2 aromatic carbocycles. The van der Waals surface area contributed by atoms with Crippen LogP contribution in [0.4, 0.5) is 0 Å². The lowest BCUT2D eigenvalue weighted by Crippen LogP contribution is -2.07. The minimum atomic E-state index is -1.08. The number of rotatable bonds is 2. The summed E-state index contributed by atoms with van der Waals surface area (Å²) in [7, 11) is 0. The fraction of sp³-hybridized carbons (Fsp3) is 0. The molecular weight excluding hydrogens is 280 g/mol. The highest BCUT2D eigenvalue weighted by Crippen LogP contribution is 2.49. The molecule has 100 valence electrons. The lowest BCUT2D eigenvalue weighted by molar-refractivity contribution is 0.0680. The maximum atomic E-state index is 11.2. The Kier molecular flexibility index (Phi) is 2.87. The highest BCUT2D eigenvalue weighted by Gasteiger charge is 2.26. The lowest BCUT2D eigenvalue weighted by Gasteiger charge is -2.21.